The van der Waals surface area contributed by atoms with E-state index >= 15 is 0 Å². The first-order chi connectivity index (χ1) is 7.99. The fourth-order valence-electron chi connectivity index (χ4n) is 1.51. The molecule has 1 aliphatic carbocycles. The molecule has 0 radical (unpaired) electrons. The number of carbonyl (C=O) groups is 1. The van der Waals surface area contributed by atoms with E-state index in [0.717, 1.165) is 12.1 Å². The maximum Gasteiger partial charge on any atom is 0.234 e. The Kier molecular flexibility index (Phi) is 2.74. The Bertz CT molecular complexity index is 492. The number of carbonyl (C=O) groups excluding carboxylic acids is 1. The van der Waals surface area contributed by atoms with Crippen LogP contribution in [0.3, 0.4) is 0 Å². The summed E-state index contributed by atoms with van der Waals surface area (Å²) in [4.78, 5) is 21.3. The third kappa shape index (κ3) is 2.38. The molecule has 1 aromatic carbocycles. The van der Waals surface area contributed by atoms with Crippen molar-refractivity contribution in [2.45, 2.75) is 12.5 Å². The Morgan fingerprint density at radius 1 is 1.41 bits per heavy atom. The van der Waals surface area contributed by atoms with Gasteiger partial charge in [0.25, 0.3) is 0 Å². The van der Waals surface area contributed by atoms with Crippen molar-refractivity contribution in [2.75, 3.05) is 5.32 Å². The van der Waals surface area contributed by atoms with Crippen LogP contribution in [0, 0.1) is 27.7 Å². The van der Waals surface area contributed by atoms with Crippen molar-refractivity contribution in [1.82, 2.24) is 0 Å². The lowest BCUT2D eigenvalue weighted by atomic mass is 10.3. The molecule has 0 saturated heterocycles. The molecular formula is C10H8F2N2O3. The van der Waals surface area contributed by atoms with Crippen molar-refractivity contribution in [1.29, 1.82) is 0 Å². The van der Waals surface area contributed by atoms with Gasteiger partial charge in [-0.15, -0.1) is 0 Å². The highest BCUT2D eigenvalue weighted by Gasteiger charge is 2.53. The van der Waals surface area contributed by atoms with Gasteiger partial charge < -0.3 is 5.32 Å². The lowest BCUT2D eigenvalue weighted by molar-refractivity contribution is -0.497. The second kappa shape index (κ2) is 4.08. The first kappa shape index (κ1) is 11.4. The van der Waals surface area contributed by atoms with Gasteiger partial charge >= 0.3 is 0 Å². The van der Waals surface area contributed by atoms with Crippen molar-refractivity contribution in [3.63, 3.8) is 0 Å². The summed E-state index contributed by atoms with van der Waals surface area (Å²) >= 11 is 0. The Hall–Kier alpha value is -2.05. The predicted molar refractivity (Wildman–Crippen MR) is 53.9 cm³/mol. The summed E-state index contributed by atoms with van der Waals surface area (Å²) in [5, 5.41) is 12.7. The minimum atomic E-state index is -1.08. The highest BCUT2D eigenvalue weighted by Crippen LogP contribution is 2.34. The standard InChI is InChI=1S/C10H8F2N2O3/c11-7-2-1-5(3-8(7)12)13-10(15)6-4-9(6)14(16)17/h1-3,6,9H,4H2,(H,13,15)/t6-,9+/m1/s1. The van der Waals surface area contributed by atoms with Gasteiger partial charge in [-0.1, -0.05) is 0 Å². The summed E-state index contributed by atoms with van der Waals surface area (Å²) in [5.74, 6) is -3.32. The van der Waals surface area contributed by atoms with E-state index in [1.165, 1.54) is 6.07 Å². The quantitative estimate of drug-likeness (QED) is 0.645. The average molecular weight is 242 g/mol. The van der Waals surface area contributed by atoms with E-state index in [9.17, 15) is 23.7 Å². The minimum absolute atomic E-state index is 0.0860. The molecule has 17 heavy (non-hydrogen) atoms. The van der Waals surface area contributed by atoms with Crippen molar-refractivity contribution >= 4 is 11.6 Å². The summed E-state index contributed by atoms with van der Waals surface area (Å²) in [6.07, 6.45) is 0.183. The number of nitrogens with one attached hydrogen (secondary N) is 1. The van der Waals surface area contributed by atoms with Crippen LogP contribution in [-0.2, 0) is 4.79 Å². The number of anilines is 1. The summed E-state index contributed by atoms with van der Waals surface area (Å²) < 4.78 is 25.4. The molecule has 7 heteroatoms. The zero-order valence-electron chi connectivity index (χ0n) is 8.52. The Balaban J connectivity index is 2.00. The lowest BCUT2D eigenvalue weighted by Gasteiger charge is -2.03. The van der Waals surface area contributed by atoms with Gasteiger partial charge in [-0.05, 0) is 12.1 Å². The van der Waals surface area contributed by atoms with Crippen LogP contribution in [0.5, 0.6) is 0 Å². The molecule has 90 valence electrons. The molecule has 0 bridgehead atoms. The molecule has 1 aliphatic rings. The number of hydrogen-bond donors (Lipinski definition) is 1. The summed E-state index contributed by atoms with van der Waals surface area (Å²) in [6.45, 7) is 0. The first-order valence-corrected chi connectivity index (χ1v) is 4.88. The summed E-state index contributed by atoms with van der Waals surface area (Å²) in [6, 6.07) is 2.04. The van der Waals surface area contributed by atoms with Gasteiger partial charge in [0, 0.05) is 23.1 Å². The second-order valence-electron chi connectivity index (χ2n) is 3.81. The van der Waals surface area contributed by atoms with E-state index in [0.29, 0.717) is 0 Å². The van der Waals surface area contributed by atoms with Crippen molar-refractivity contribution in [3.8, 4) is 0 Å². The van der Waals surface area contributed by atoms with Crippen LogP contribution in [0.2, 0.25) is 0 Å². The van der Waals surface area contributed by atoms with Crippen LogP contribution in [0.25, 0.3) is 0 Å². The fourth-order valence-corrected chi connectivity index (χ4v) is 1.51. The maximum absolute atomic E-state index is 12.8. The molecule has 0 unspecified atom stereocenters. The number of amides is 1. The van der Waals surface area contributed by atoms with Crippen LogP contribution < -0.4 is 5.32 Å². The lowest BCUT2D eigenvalue weighted by Crippen LogP contribution is -2.18. The van der Waals surface area contributed by atoms with Crippen LogP contribution >= 0.6 is 0 Å². The van der Waals surface area contributed by atoms with Gasteiger partial charge in [-0.3, -0.25) is 14.9 Å². The molecule has 1 amide bonds. The Labute approximate surface area is 94.6 Å². The van der Waals surface area contributed by atoms with E-state index in [-0.39, 0.29) is 12.1 Å². The van der Waals surface area contributed by atoms with E-state index in [4.69, 9.17) is 0 Å². The molecule has 0 aromatic heterocycles. The SMILES string of the molecule is O=C(Nc1ccc(F)c(F)c1)[C@@H]1C[C@@H]1[N+](=O)[O-]. The van der Waals surface area contributed by atoms with Crippen LogP contribution in [0.4, 0.5) is 14.5 Å². The smallest absolute Gasteiger partial charge is 0.234 e. The summed E-state index contributed by atoms with van der Waals surface area (Å²) in [5.41, 5.74) is 0.0860. The first-order valence-electron chi connectivity index (χ1n) is 4.88. The molecular weight excluding hydrogens is 234 g/mol. The number of nitro groups is 1. The highest BCUT2D eigenvalue weighted by molar-refractivity contribution is 5.94. The normalized spacial score (nSPS) is 22.0. The number of nitrogens with zero attached hydrogens (tertiary/aromatic N) is 1. The molecule has 5 nitrogen and oxygen atoms in total. The zero-order valence-corrected chi connectivity index (χ0v) is 8.52. The van der Waals surface area contributed by atoms with Gasteiger partial charge in [-0.25, -0.2) is 8.78 Å². The van der Waals surface area contributed by atoms with Crippen LogP contribution in [-0.4, -0.2) is 16.9 Å². The molecule has 0 aliphatic heterocycles. The van der Waals surface area contributed by atoms with Gasteiger partial charge in [0.15, 0.2) is 11.6 Å². The summed E-state index contributed by atoms with van der Waals surface area (Å²) in [7, 11) is 0. The molecule has 2 atom stereocenters. The largest absolute Gasteiger partial charge is 0.326 e. The molecule has 1 fully saturated rings. The van der Waals surface area contributed by atoms with E-state index in [1.54, 1.807) is 0 Å². The number of halogens is 2. The zero-order chi connectivity index (χ0) is 12.6. The van der Waals surface area contributed by atoms with E-state index in [2.05, 4.69) is 5.32 Å². The monoisotopic (exact) mass is 242 g/mol. The number of rotatable bonds is 3. The topological polar surface area (TPSA) is 72.2 Å². The highest BCUT2D eigenvalue weighted by atomic mass is 19.2. The van der Waals surface area contributed by atoms with Gasteiger partial charge in [0.05, 0.1) is 0 Å². The van der Waals surface area contributed by atoms with Crippen LogP contribution in [0.15, 0.2) is 18.2 Å². The molecule has 1 N–H and O–H groups in total. The molecule has 2 rings (SSSR count). The number of benzene rings is 1. The molecule has 0 spiro atoms. The van der Waals surface area contributed by atoms with Crippen molar-refractivity contribution in [2.24, 2.45) is 5.92 Å². The van der Waals surface area contributed by atoms with Crippen LogP contribution in [0.1, 0.15) is 6.42 Å². The minimum Gasteiger partial charge on any atom is -0.326 e. The number of hydrogen-bond acceptors (Lipinski definition) is 3. The third-order valence-corrected chi connectivity index (χ3v) is 2.55. The molecule has 1 aromatic rings. The third-order valence-electron chi connectivity index (χ3n) is 2.55. The maximum atomic E-state index is 12.8. The Morgan fingerprint density at radius 2 is 2.12 bits per heavy atom. The fraction of sp³-hybridized carbons (Fsp3) is 0.300. The molecule has 1 saturated carbocycles. The Morgan fingerprint density at radius 3 is 2.65 bits per heavy atom. The van der Waals surface area contributed by atoms with Crippen molar-refractivity contribution in [3.05, 3.63) is 39.9 Å². The van der Waals surface area contributed by atoms with Crippen molar-refractivity contribution < 1.29 is 18.5 Å². The van der Waals surface area contributed by atoms with Gasteiger partial charge in [-0.2, -0.15) is 0 Å². The van der Waals surface area contributed by atoms with E-state index in [1.807, 2.05) is 0 Å². The second-order valence-corrected chi connectivity index (χ2v) is 3.81. The van der Waals surface area contributed by atoms with Gasteiger partial charge in [0.1, 0.15) is 5.92 Å². The predicted octanol–water partition coefficient (Wildman–Crippen LogP) is 1.57. The molecule has 0 heterocycles. The van der Waals surface area contributed by atoms with E-state index < -0.39 is 34.4 Å². The van der Waals surface area contributed by atoms with Gasteiger partial charge in [0.2, 0.25) is 11.9 Å². The average Bonchev–Trinajstić information content (AvgIpc) is 3.03.